The van der Waals surface area contributed by atoms with Gasteiger partial charge in [0.05, 0.1) is 53.0 Å². The van der Waals surface area contributed by atoms with Gasteiger partial charge < -0.3 is 14.7 Å². The number of hydrogen-bond donors (Lipinski definition) is 1. The number of benzene rings is 1. The normalized spacial score (nSPS) is 17.7. The summed E-state index contributed by atoms with van der Waals surface area (Å²) < 4.78 is 63.0. The van der Waals surface area contributed by atoms with E-state index in [1.165, 1.54) is 12.4 Å². The number of rotatable bonds is 10. The average Bonchev–Trinajstić information content (AvgIpc) is 3.37. The predicted octanol–water partition coefficient (Wildman–Crippen LogP) is 6.47. The molecule has 0 radical (unpaired) electrons. The first kappa shape index (κ1) is 31.7. The van der Waals surface area contributed by atoms with Gasteiger partial charge >= 0.3 is 5.97 Å². The van der Waals surface area contributed by atoms with E-state index in [0.29, 0.717) is 31.7 Å². The van der Waals surface area contributed by atoms with E-state index < -0.39 is 60.5 Å². The van der Waals surface area contributed by atoms with Gasteiger partial charge in [-0.3, -0.25) is 19.3 Å². The topological polar surface area (TPSA) is 97.6 Å². The number of amides is 1. The van der Waals surface area contributed by atoms with E-state index in [4.69, 9.17) is 27.9 Å². The molecule has 0 saturated heterocycles. The Bertz CT molecular complexity index is 1390. The van der Waals surface area contributed by atoms with Gasteiger partial charge in [-0.2, -0.15) is 5.10 Å². The molecule has 0 aliphatic heterocycles. The third-order valence-electron chi connectivity index (χ3n) is 7.13. The zero-order valence-corrected chi connectivity index (χ0v) is 24.0. The Morgan fingerprint density at radius 1 is 1.07 bits per heavy atom. The highest BCUT2D eigenvalue weighted by Gasteiger charge is 2.35. The summed E-state index contributed by atoms with van der Waals surface area (Å²) in [5.41, 5.74) is -1.01. The minimum atomic E-state index is -3.10. The molecule has 1 atom stereocenters. The van der Waals surface area contributed by atoms with Crippen molar-refractivity contribution in [1.29, 1.82) is 0 Å². The Kier molecular flexibility index (Phi) is 10.4. The maximum Gasteiger partial charge on any atom is 0.308 e. The summed E-state index contributed by atoms with van der Waals surface area (Å²) in [7, 11) is 0. The molecule has 0 spiro atoms. The number of aliphatic hydroxyl groups excluding tert-OH is 1. The van der Waals surface area contributed by atoms with Gasteiger partial charge in [-0.15, -0.1) is 0 Å². The molecular formula is C28H28Cl2F4N4O4. The number of aliphatic hydroxyl groups is 1. The number of aromatic nitrogens is 3. The van der Waals surface area contributed by atoms with Crippen LogP contribution in [0.1, 0.15) is 78.4 Å². The molecule has 1 fully saturated rings. The lowest BCUT2D eigenvalue weighted by atomic mass is 9.86. The summed E-state index contributed by atoms with van der Waals surface area (Å²) >= 11 is 12.3. The van der Waals surface area contributed by atoms with Crippen LogP contribution in [0.15, 0.2) is 36.8 Å². The lowest BCUT2D eigenvalue weighted by molar-refractivity contribution is -0.149. The minimum absolute atomic E-state index is 0.00120. The lowest BCUT2D eigenvalue weighted by Gasteiger charge is -2.29. The molecule has 226 valence electrons. The molecule has 1 unspecified atom stereocenters. The molecule has 2 aromatic heterocycles. The third kappa shape index (κ3) is 7.22. The zero-order chi connectivity index (χ0) is 30.6. The van der Waals surface area contributed by atoms with Crippen molar-refractivity contribution in [3.8, 4) is 0 Å². The number of alkyl halides is 2. The van der Waals surface area contributed by atoms with E-state index in [2.05, 4.69) is 10.1 Å². The largest absolute Gasteiger partial charge is 0.466 e. The molecule has 1 N–H and O–H groups in total. The van der Waals surface area contributed by atoms with Gasteiger partial charge in [0.1, 0.15) is 17.3 Å². The van der Waals surface area contributed by atoms with Crippen LogP contribution in [0.3, 0.4) is 0 Å². The maximum atomic E-state index is 14.5. The second kappa shape index (κ2) is 13.8. The van der Waals surface area contributed by atoms with Gasteiger partial charge in [-0.05, 0) is 50.3 Å². The van der Waals surface area contributed by atoms with Crippen LogP contribution >= 0.6 is 23.2 Å². The van der Waals surface area contributed by atoms with Crippen LogP contribution in [0.2, 0.25) is 10.0 Å². The second-order valence-electron chi connectivity index (χ2n) is 9.94. The Balaban J connectivity index is 1.65. The van der Waals surface area contributed by atoms with E-state index in [-0.39, 0.29) is 39.7 Å². The molecule has 0 bridgehead atoms. The monoisotopic (exact) mass is 630 g/mol. The number of halogens is 6. The highest BCUT2D eigenvalue weighted by Crippen LogP contribution is 2.37. The zero-order valence-electron chi connectivity index (χ0n) is 22.5. The maximum absolute atomic E-state index is 14.5. The van der Waals surface area contributed by atoms with E-state index in [0.717, 1.165) is 27.9 Å². The SMILES string of the molecule is CCOC(=O)C1CCC(n2ncc(C(=O)N(Cc3cc(F)cc(F)c3)CC(O)c3c(Cl)cncc3Cl)c2C(F)F)CC1. The summed E-state index contributed by atoms with van der Waals surface area (Å²) in [5.74, 6) is -3.45. The lowest BCUT2D eigenvalue weighted by Crippen LogP contribution is -2.35. The van der Waals surface area contributed by atoms with Gasteiger partial charge in [0.2, 0.25) is 0 Å². The van der Waals surface area contributed by atoms with Crippen molar-refractivity contribution in [1.82, 2.24) is 19.7 Å². The molecule has 1 amide bonds. The van der Waals surface area contributed by atoms with Crippen molar-refractivity contribution in [2.24, 2.45) is 5.92 Å². The molecule has 1 aliphatic carbocycles. The molecule has 8 nitrogen and oxygen atoms in total. The summed E-state index contributed by atoms with van der Waals surface area (Å²) in [6.07, 6.45) is 0.420. The van der Waals surface area contributed by atoms with E-state index in [9.17, 15) is 32.3 Å². The number of pyridine rings is 1. The molecular weight excluding hydrogens is 603 g/mol. The van der Waals surface area contributed by atoms with Crippen LogP contribution < -0.4 is 0 Å². The summed E-state index contributed by atoms with van der Waals surface area (Å²) in [5, 5.41) is 15.1. The van der Waals surface area contributed by atoms with Gasteiger partial charge in [0.25, 0.3) is 12.3 Å². The fourth-order valence-electron chi connectivity index (χ4n) is 5.21. The Morgan fingerprint density at radius 2 is 1.69 bits per heavy atom. The van der Waals surface area contributed by atoms with Gasteiger partial charge in [0, 0.05) is 30.6 Å². The van der Waals surface area contributed by atoms with Crippen LogP contribution in [0.4, 0.5) is 17.6 Å². The number of hydrogen-bond acceptors (Lipinski definition) is 6. The van der Waals surface area contributed by atoms with Crippen LogP contribution in [0.5, 0.6) is 0 Å². The predicted molar refractivity (Wildman–Crippen MR) is 145 cm³/mol. The van der Waals surface area contributed by atoms with E-state index >= 15 is 0 Å². The van der Waals surface area contributed by atoms with E-state index in [1.807, 2.05) is 0 Å². The van der Waals surface area contributed by atoms with Crippen molar-refractivity contribution >= 4 is 35.1 Å². The highest BCUT2D eigenvalue weighted by molar-refractivity contribution is 6.35. The standard InChI is InChI=1S/C28H28Cl2F4N4O4/c1-2-42-28(41)16-3-5-19(6-4-16)38-25(26(33)34)20(10-36-38)27(40)37(13-15-7-17(31)9-18(32)8-15)14-23(39)24-21(29)11-35-12-22(24)30/h7-12,16,19,23,26,39H,2-6,13-14H2,1H3. The average molecular weight is 631 g/mol. The Labute approximate surface area is 249 Å². The van der Waals surface area contributed by atoms with Crippen molar-refractivity contribution in [2.75, 3.05) is 13.2 Å². The molecule has 4 rings (SSSR count). The third-order valence-corrected chi connectivity index (χ3v) is 7.74. The highest BCUT2D eigenvalue weighted by atomic mass is 35.5. The Morgan fingerprint density at radius 3 is 2.26 bits per heavy atom. The van der Waals surface area contributed by atoms with Crippen LogP contribution in [-0.4, -0.2) is 49.8 Å². The number of carbonyl (C=O) groups is 2. The molecule has 42 heavy (non-hydrogen) atoms. The van der Waals surface area contributed by atoms with Crippen molar-refractivity contribution < 1.29 is 37.0 Å². The minimum Gasteiger partial charge on any atom is -0.466 e. The van der Waals surface area contributed by atoms with Crippen molar-refractivity contribution in [3.05, 3.63) is 80.9 Å². The molecule has 1 aromatic carbocycles. The van der Waals surface area contributed by atoms with Crippen LogP contribution in [-0.2, 0) is 16.1 Å². The fraction of sp³-hybridized carbons (Fsp3) is 0.429. The molecule has 3 aromatic rings. The smallest absolute Gasteiger partial charge is 0.308 e. The van der Waals surface area contributed by atoms with Crippen molar-refractivity contribution in [3.63, 3.8) is 0 Å². The van der Waals surface area contributed by atoms with E-state index in [1.54, 1.807) is 6.92 Å². The fourth-order valence-corrected chi connectivity index (χ4v) is 5.83. The number of ether oxygens (including phenoxy) is 1. The number of esters is 1. The first-order valence-electron chi connectivity index (χ1n) is 13.2. The number of carbonyl (C=O) groups excluding carboxylic acids is 2. The van der Waals surface area contributed by atoms with Crippen LogP contribution in [0, 0.1) is 17.6 Å². The molecule has 1 saturated carbocycles. The van der Waals surface area contributed by atoms with Gasteiger partial charge in [-0.1, -0.05) is 23.2 Å². The first-order valence-corrected chi connectivity index (χ1v) is 14.0. The Hall–Kier alpha value is -3.22. The van der Waals surface area contributed by atoms with Gasteiger partial charge in [0.15, 0.2) is 0 Å². The molecule has 1 aliphatic rings. The number of nitrogens with zero attached hydrogens (tertiary/aromatic N) is 4. The second-order valence-corrected chi connectivity index (χ2v) is 10.8. The quantitative estimate of drug-likeness (QED) is 0.204. The molecule has 14 heteroatoms. The summed E-state index contributed by atoms with van der Waals surface area (Å²) in [6, 6.07) is 2.13. The van der Waals surface area contributed by atoms with Crippen LogP contribution in [0.25, 0.3) is 0 Å². The molecule has 2 heterocycles. The summed E-state index contributed by atoms with van der Waals surface area (Å²) in [6.45, 7) is 0.988. The summed E-state index contributed by atoms with van der Waals surface area (Å²) in [4.78, 5) is 30.7. The van der Waals surface area contributed by atoms with Gasteiger partial charge in [-0.25, -0.2) is 17.6 Å². The first-order chi connectivity index (χ1) is 20.0. The van der Waals surface area contributed by atoms with Crippen molar-refractivity contribution in [2.45, 2.75) is 57.7 Å².